The first kappa shape index (κ1) is 17.1. The molecule has 2 N–H and O–H groups in total. The molecule has 0 bridgehead atoms. The highest BCUT2D eigenvalue weighted by atomic mass is 35.5. The third kappa shape index (κ3) is 5.23. The van der Waals surface area contributed by atoms with Crippen molar-refractivity contribution in [2.45, 2.75) is 25.5 Å². The average Bonchev–Trinajstić information content (AvgIpc) is 2.28. The van der Waals surface area contributed by atoms with Crippen molar-refractivity contribution in [3.8, 4) is 0 Å². The number of amides is 1. The van der Waals surface area contributed by atoms with Crippen molar-refractivity contribution in [2.24, 2.45) is 0 Å². The predicted octanol–water partition coefficient (Wildman–Crippen LogP) is 4.16. The lowest BCUT2D eigenvalue weighted by atomic mass is 10.1. The zero-order valence-electron chi connectivity index (χ0n) is 11.3. The van der Waals surface area contributed by atoms with E-state index in [1.165, 1.54) is 23.9 Å². The molecule has 0 saturated heterocycles. The molecule has 0 aliphatic carbocycles. The van der Waals surface area contributed by atoms with E-state index in [2.05, 4.69) is 5.32 Å². The minimum atomic E-state index is -1.20. The minimum absolute atomic E-state index is 0.0588. The van der Waals surface area contributed by atoms with E-state index in [-0.39, 0.29) is 37.7 Å². The molecule has 1 aromatic carbocycles. The van der Waals surface area contributed by atoms with Gasteiger partial charge in [0.05, 0.1) is 22.0 Å². The monoisotopic (exact) mass is 335 g/mol. The Kier molecular flexibility index (Phi) is 5.74. The molecule has 1 amide bonds. The summed E-state index contributed by atoms with van der Waals surface area (Å²) >= 11 is 13.2. The van der Waals surface area contributed by atoms with E-state index in [4.69, 9.17) is 28.3 Å². The Bertz CT molecular complexity index is 541. The van der Waals surface area contributed by atoms with Crippen molar-refractivity contribution in [2.75, 3.05) is 11.1 Å². The number of aromatic carboxylic acids is 1. The van der Waals surface area contributed by atoms with Crippen LogP contribution in [0.25, 0.3) is 0 Å². The molecule has 0 atom stereocenters. The second kappa shape index (κ2) is 6.70. The summed E-state index contributed by atoms with van der Waals surface area (Å²) in [4.78, 5) is 23.0. The van der Waals surface area contributed by atoms with Gasteiger partial charge in [-0.2, -0.15) is 0 Å². The Labute approximate surface area is 131 Å². The summed E-state index contributed by atoms with van der Waals surface area (Å²) in [7, 11) is 0. The lowest BCUT2D eigenvalue weighted by Crippen LogP contribution is -2.20. The van der Waals surface area contributed by atoms with Crippen molar-refractivity contribution in [3.05, 3.63) is 27.7 Å². The molecule has 4 nitrogen and oxygen atoms in total. The number of hydrogen-bond donors (Lipinski definition) is 2. The first-order valence-electron chi connectivity index (χ1n) is 5.76. The number of anilines is 1. The van der Waals surface area contributed by atoms with Gasteiger partial charge in [0.1, 0.15) is 0 Å². The van der Waals surface area contributed by atoms with Crippen LogP contribution in [0.1, 0.15) is 31.1 Å². The van der Waals surface area contributed by atoms with Crippen LogP contribution in [-0.2, 0) is 4.79 Å². The Hall–Kier alpha value is -0.910. The van der Waals surface area contributed by atoms with Gasteiger partial charge < -0.3 is 10.4 Å². The van der Waals surface area contributed by atoms with Gasteiger partial charge in [-0.15, -0.1) is 11.8 Å². The second-order valence-corrected chi connectivity index (χ2v) is 7.71. The smallest absolute Gasteiger partial charge is 0.337 e. The molecule has 20 heavy (non-hydrogen) atoms. The van der Waals surface area contributed by atoms with E-state index in [1.807, 2.05) is 20.8 Å². The van der Waals surface area contributed by atoms with Crippen molar-refractivity contribution in [3.63, 3.8) is 0 Å². The summed E-state index contributed by atoms with van der Waals surface area (Å²) in [6.07, 6.45) is 0. The molecular formula is C13H15Cl2NO3S. The van der Waals surface area contributed by atoms with Crippen molar-refractivity contribution in [1.82, 2.24) is 0 Å². The third-order valence-electron chi connectivity index (χ3n) is 2.19. The molecule has 0 aliphatic rings. The number of carbonyl (C=O) groups is 2. The first-order chi connectivity index (χ1) is 9.10. The number of hydrogen-bond acceptors (Lipinski definition) is 3. The third-order valence-corrected chi connectivity index (χ3v) is 3.97. The average molecular weight is 336 g/mol. The van der Waals surface area contributed by atoms with Crippen LogP contribution >= 0.6 is 35.0 Å². The number of nitrogens with one attached hydrogen (secondary N) is 1. The van der Waals surface area contributed by atoms with Crippen LogP contribution in [0.15, 0.2) is 12.1 Å². The summed E-state index contributed by atoms with van der Waals surface area (Å²) in [6, 6.07) is 2.64. The van der Waals surface area contributed by atoms with Crippen LogP contribution in [0, 0.1) is 0 Å². The zero-order valence-corrected chi connectivity index (χ0v) is 13.6. The molecule has 0 unspecified atom stereocenters. The fourth-order valence-electron chi connectivity index (χ4n) is 1.33. The van der Waals surface area contributed by atoms with E-state index < -0.39 is 5.97 Å². The van der Waals surface area contributed by atoms with Gasteiger partial charge in [-0.3, -0.25) is 4.79 Å². The molecule has 0 aromatic heterocycles. The van der Waals surface area contributed by atoms with E-state index in [9.17, 15) is 9.59 Å². The topological polar surface area (TPSA) is 66.4 Å². The fraction of sp³-hybridized carbons (Fsp3) is 0.385. The number of rotatable bonds is 4. The maximum atomic E-state index is 11.9. The SMILES string of the molecule is CC(C)(C)SCC(=O)Nc1c(Cl)cc(Cl)cc1C(=O)O. The minimum Gasteiger partial charge on any atom is -0.478 e. The van der Waals surface area contributed by atoms with Crippen molar-refractivity contribution >= 4 is 52.5 Å². The van der Waals surface area contributed by atoms with Crippen molar-refractivity contribution in [1.29, 1.82) is 0 Å². The normalized spacial score (nSPS) is 11.2. The fourth-order valence-corrected chi connectivity index (χ4v) is 2.50. The maximum absolute atomic E-state index is 11.9. The molecule has 1 rings (SSSR count). The van der Waals surface area contributed by atoms with E-state index in [0.29, 0.717) is 0 Å². The molecule has 0 spiro atoms. The highest BCUT2D eigenvalue weighted by Crippen LogP contribution is 2.31. The van der Waals surface area contributed by atoms with Gasteiger partial charge in [0.15, 0.2) is 0 Å². The molecule has 0 radical (unpaired) electrons. The van der Waals surface area contributed by atoms with Gasteiger partial charge in [-0.25, -0.2) is 4.79 Å². The summed E-state index contributed by atoms with van der Waals surface area (Å²) < 4.78 is -0.0588. The molecular weight excluding hydrogens is 321 g/mol. The van der Waals surface area contributed by atoms with Crippen molar-refractivity contribution < 1.29 is 14.7 Å². The number of carboxylic acids is 1. The Balaban J connectivity index is 2.92. The molecule has 110 valence electrons. The molecule has 7 heteroatoms. The second-order valence-electron chi connectivity index (χ2n) is 5.06. The van der Waals surface area contributed by atoms with Crippen LogP contribution in [0.3, 0.4) is 0 Å². The zero-order chi connectivity index (χ0) is 15.5. The van der Waals surface area contributed by atoms with Gasteiger partial charge in [0, 0.05) is 9.77 Å². The van der Waals surface area contributed by atoms with Gasteiger partial charge in [-0.1, -0.05) is 44.0 Å². The van der Waals surface area contributed by atoms with Crippen LogP contribution < -0.4 is 5.32 Å². The van der Waals surface area contributed by atoms with E-state index in [1.54, 1.807) is 0 Å². The number of halogens is 2. The van der Waals surface area contributed by atoms with Crippen LogP contribution in [0.5, 0.6) is 0 Å². The Morgan fingerprint density at radius 2 is 1.90 bits per heavy atom. The number of carboxylic acid groups (broad SMARTS) is 1. The predicted molar refractivity (Wildman–Crippen MR) is 84.3 cm³/mol. The van der Waals surface area contributed by atoms with E-state index in [0.717, 1.165) is 0 Å². The van der Waals surface area contributed by atoms with Crippen LogP contribution in [-0.4, -0.2) is 27.5 Å². The number of thioether (sulfide) groups is 1. The quantitative estimate of drug-likeness (QED) is 0.866. The number of benzene rings is 1. The van der Waals surface area contributed by atoms with Gasteiger partial charge in [0.2, 0.25) is 5.91 Å². The largest absolute Gasteiger partial charge is 0.478 e. The van der Waals surface area contributed by atoms with Gasteiger partial charge in [-0.05, 0) is 12.1 Å². The van der Waals surface area contributed by atoms with Gasteiger partial charge >= 0.3 is 5.97 Å². The molecule has 0 aliphatic heterocycles. The summed E-state index contributed by atoms with van der Waals surface area (Å²) in [6.45, 7) is 5.97. The van der Waals surface area contributed by atoms with Crippen LogP contribution in [0.2, 0.25) is 10.0 Å². The highest BCUT2D eigenvalue weighted by molar-refractivity contribution is 8.01. The Morgan fingerprint density at radius 1 is 1.30 bits per heavy atom. The molecule has 0 saturated carbocycles. The van der Waals surface area contributed by atoms with E-state index >= 15 is 0 Å². The molecule has 1 aromatic rings. The molecule has 0 fully saturated rings. The Morgan fingerprint density at radius 3 is 2.40 bits per heavy atom. The maximum Gasteiger partial charge on any atom is 0.337 e. The highest BCUT2D eigenvalue weighted by Gasteiger charge is 2.19. The van der Waals surface area contributed by atoms with Crippen LogP contribution in [0.4, 0.5) is 5.69 Å². The summed E-state index contributed by atoms with van der Waals surface area (Å²) in [5.74, 6) is -1.30. The first-order valence-corrected chi connectivity index (χ1v) is 7.50. The lowest BCUT2D eigenvalue weighted by Gasteiger charge is -2.17. The van der Waals surface area contributed by atoms with Gasteiger partial charge in [0.25, 0.3) is 0 Å². The summed E-state index contributed by atoms with van der Waals surface area (Å²) in [5.41, 5.74) is -0.0558. The number of carbonyl (C=O) groups excluding carboxylic acids is 1. The summed E-state index contributed by atoms with van der Waals surface area (Å²) in [5, 5.41) is 11.9. The standard InChI is InChI=1S/C13H15Cl2NO3S/c1-13(2,3)20-6-10(17)16-11-8(12(18)19)4-7(14)5-9(11)15/h4-5H,6H2,1-3H3,(H,16,17)(H,18,19). The lowest BCUT2D eigenvalue weighted by molar-refractivity contribution is -0.113. The molecule has 0 heterocycles.